The molecule has 1 heterocycles. The van der Waals surface area contributed by atoms with Crippen LogP contribution in [-0.2, 0) is 19.0 Å². The Bertz CT molecular complexity index is 275. The van der Waals surface area contributed by atoms with E-state index in [1.807, 2.05) is 6.92 Å². The maximum atomic E-state index is 10.4. The van der Waals surface area contributed by atoms with Crippen molar-refractivity contribution in [1.82, 2.24) is 0 Å². The second kappa shape index (κ2) is 7.67. The highest BCUT2D eigenvalue weighted by Crippen LogP contribution is 2.25. The molecule has 0 aromatic carbocycles. The molecule has 0 amide bonds. The van der Waals surface area contributed by atoms with Crippen LogP contribution in [0, 0.1) is 5.92 Å². The van der Waals surface area contributed by atoms with E-state index in [-0.39, 0.29) is 24.9 Å². The van der Waals surface area contributed by atoms with Gasteiger partial charge in [0.2, 0.25) is 0 Å². The highest BCUT2D eigenvalue weighted by molar-refractivity contribution is 5.50. The molecule has 0 N–H and O–H groups in total. The van der Waals surface area contributed by atoms with Crippen LogP contribution < -0.4 is 0 Å². The molecule has 1 fully saturated rings. The third kappa shape index (κ3) is 4.88. The zero-order valence-corrected chi connectivity index (χ0v) is 11.6. The van der Waals surface area contributed by atoms with Crippen LogP contribution in [0.1, 0.15) is 27.2 Å². The van der Waals surface area contributed by atoms with Crippen LogP contribution in [0.4, 0.5) is 0 Å². The summed E-state index contributed by atoms with van der Waals surface area (Å²) < 4.78 is 17.0. The van der Waals surface area contributed by atoms with Crippen molar-refractivity contribution in [2.75, 3.05) is 19.8 Å². The number of aldehydes is 1. The first-order chi connectivity index (χ1) is 8.54. The minimum absolute atomic E-state index is 0.0216. The highest BCUT2D eigenvalue weighted by atomic mass is 16.6. The zero-order chi connectivity index (χ0) is 13.5. The molecular formula is C14H24O4. The number of carbonyl (C=O) groups is 1. The molecule has 1 rings (SSSR count). The van der Waals surface area contributed by atoms with E-state index in [2.05, 4.69) is 20.4 Å². The molecule has 0 radical (unpaired) electrons. The number of rotatable bonds is 7. The summed E-state index contributed by atoms with van der Waals surface area (Å²) in [6.45, 7) is 11.2. The van der Waals surface area contributed by atoms with Gasteiger partial charge < -0.3 is 19.0 Å². The van der Waals surface area contributed by atoms with E-state index >= 15 is 0 Å². The maximum absolute atomic E-state index is 10.4. The summed E-state index contributed by atoms with van der Waals surface area (Å²) in [7, 11) is 0. The van der Waals surface area contributed by atoms with Crippen molar-refractivity contribution in [2.24, 2.45) is 5.92 Å². The lowest BCUT2D eigenvalue weighted by Gasteiger charge is -2.37. The molecule has 1 aliphatic heterocycles. The van der Waals surface area contributed by atoms with Crippen LogP contribution in [0.3, 0.4) is 0 Å². The fourth-order valence-corrected chi connectivity index (χ4v) is 2.11. The third-order valence-corrected chi connectivity index (χ3v) is 2.94. The normalized spacial score (nSPS) is 28.3. The van der Waals surface area contributed by atoms with E-state index in [1.165, 1.54) is 0 Å². The minimum atomic E-state index is -0.0703. The number of hydrogen-bond donors (Lipinski definition) is 0. The standard InChI is InChI=1S/C14H24O4/c1-10(2)8-17-12-7-13(16-6-5-15)14(11(3)4)18-9-12/h5,11-14H,1,6-9H2,2-4H3/t12-,13?,14+/m1/s1. The van der Waals surface area contributed by atoms with Crippen LogP contribution in [-0.4, -0.2) is 44.4 Å². The monoisotopic (exact) mass is 256 g/mol. The molecule has 0 aliphatic carbocycles. The van der Waals surface area contributed by atoms with Gasteiger partial charge in [-0.05, 0) is 12.8 Å². The molecule has 0 spiro atoms. The van der Waals surface area contributed by atoms with Crippen molar-refractivity contribution in [3.8, 4) is 0 Å². The minimum Gasteiger partial charge on any atom is -0.373 e. The van der Waals surface area contributed by atoms with Crippen molar-refractivity contribution in [3.63, 3.8) is 0 Å². The molecule has 1 aliphatic rings. The fraction of sp³-hybridized carbons (Fsp3) is 0.786. The summed E-state index contributed by atoms with van der Waals surface area (Å²) in [5, 5.41) is 0. The van der Waals surface area contributed by atoms with E-state index < -0.39 is 0 Å². The molecule has 0 saturated carbocycles. The van der Waals surface area contributed by atoms with Gasteiger partial charge in [-0.25, -0.2) is 0 Å². The molecule has 1 unspecified atom stereocenters. The van der Waals surface area contributed by atoms with Gasteiger partial charge in [-0.2, -0.15) is 0 Å². The zero-order valence-electron chi connectivity index (χ0n) is 11.6. The average Bonchev–Trinajstić information content (AvgIpc) is 2.33. The summed E-state index contributed by atoms with van der Waals surface area (Å²) in [6.07, 6.45) is 1.53. The highest BCUT2D eigenvalue weighted by Gasteiger charge is 2.34. The van der Waals surface area contributed by atoms with Gasteiger partial charge in [0.15, 0.2) is 0 Å². The predicted molar refractivity (Wildman–Crippen MR) is 69.6 cm³/mol. The summed E-state index contributed by atoms with van der Waals surface area (Å²) in [6, 6.07) is 0. The lowest BCUT2D eigenvalue weighted by Crippen LogP contribution is -2.46. The molecule has 0 bridgehead atoms. The molecule has 18 heavy (non-hydrogen) atoms. The summed E-state index contributed by atoms with van der Waals surface area (Å²) in [4.78, 5) is 10.4. The van der Waals surface area contributed by atoms with Gasteiger partial charge >= 0.3 is 0 Å². The number of carbonyl (C=O) groups excluding carboxylic acids is 1. The van der Waals surface area contributed by atoms with Gasteiger partial charge in [-0.15, -0.1) is 0 Å². The lowest BCUT2D eigenvalue weighted by atomic mass is 9.94. The van der Waals surface area contributed by atoms with Gasteiger partial charge in [0.25, 0.3) is 0 Å². The van der Waals surface area contributed by atoms with E-state index in [1.54, 1.807) is 0 Å². The van der Waals surface area contributed by atoms with Crippen molar-refractivity contribution in [1.29, 1.82) is 0 Å². The SMILES string of the molecule is C=C(C)CO[C@H]1CO[C@@H](C(C)C)C(OCC=O)C1. The van der Waals surface area contributed by atoms with Crippen LogP contribution in [0.25, 0.3) is 0 Å². The molecule has 1 saturated heterocycles. The smallest absolute Gasteiger partial charge is 0.145 e. The van der Waals surface area contributed by atoms with Gasteiger partial charge in [0.1, 0.15) is 12.9 Å². The maximum Gasteiger partial charge on any atom is 0.145 e. The Kier molecular flexibility index (Phi) is 6.54. The van der Waals surface area contributed by atoms with Gasteiger partial charge in [0.05, 0.1) is 31.5 Å². The molecule has 104 valence electrons. The van der Waals surface area contributed by atoms with Crippen molar-refractivity contribution in [3.05, 3.63) is 12.2 Å². The summed E-state index contributed by atoms with van der Waals surface area (Å²) >= 11 is 0. The first-order valence-electron chi connectivity index (χ1n) is 6.47. The van der Waals surface area contributed by atoms with E-state index in [4.69, 9.17) is 14.2 Å². The van der Waals surface area contributed by atoms with Crippen LogP contribution in [0.2, 0.25) is 0 Å². The third-order valence-electron chi connectivity index (χ3n) is 2.94. The molecule has 0 aromatic heterocycles. The van der Waals surface area contributed by atoms with Crippen LogP contribution in [0.5, 0.6) is 0 Å². The van der Waals surface area contributed by atoms with E-state index in [0.717, 1.165) is 18.3 Å². The lowest BCUT2D eigenvalue weighted by molar-refractivity contribution is -0.169. The fourth-order valence-electron chi connectivity index (χ4n) is 2.11. The first-order valence-corrected chi connectivity index (χ1v) is 6.47. The van der Waals surface area contributed by atoms with E-state index in [9.17, 15) is 4.79 Å². The summed E-state index contributed by atoms with van der Waals surface area (Å²) in [5.74, 6) is 0.365. The van der Waals surface area contributed by atoms with Crippen molar-refractivity contribution >= 4 is 6.29 Å². The first kappa shape index (κ1) is 15.3. The average molecular weight is 256 g/mol. The number of hydrogen-bond acceptors (Lipinski definition) is 4. The Balaban J connectivity index is 2.49. The van der Waals surface area contributed by atoms with Crippen LogP contribution in [0.15, 0.2) is 12.2 Å². The van der Waals surface area contributed by atoms with Crippen molar-refractivity contribution in [2.45, 2.75) is 45.5 Å². The Morgan fingerprint density at radius 1 is 1.50 bits per heavy atom. The topological polar surface area (TPSA) is 44.8 Å². The molecule has 0 aromatic rings. The molecule has 4 nitrogen and oxygen atoms in total. The molecular weight excluding hydrogens is 232 g/mol. The Morgan fingerprint density at radius 3 is 2.78 bits per heavy atom. The molecule has 3 atom stereocenters. The Hall–Kier alpha value is -0.710. The second-order valence-electron chi connectivity index (χ2n) is 5.21. The number of ether oxygens (including phenoxy) is 3. The van der Waals surface area contributed by atoms with E-state index in [0.29, 0.717) is 19.1 Å². The summed E-state index contributed by atoms with van der Waals surface area (Å²) in [5.41, 5.74) is 0.992. The van der Waals surface area contributed by atoms with Gasteiger partial charge in [-0.1, -0.05) is 26.0 Å². The quantitative estimate of drug-likeness (QED) is 0.516. The Labute approximate surface area is 109 Å². The van der Waals surface area contributed by atoms with Crippen LogP contribution >= 0.6 is 0 Å². The van der Waals surface area contributed by atoms with Gasteiger partial charge in [-0.3, -0.25) is 0 Å². The van der Waals surface area contributed by atoms with Gasteiger partial charge in [0, 0.05) is 6.42 Å². The Morgan fingerprint density at radius 2 is 2.22 bits per heavy atom. The van der Waals surface area contributed by atoms with Crippen molar-refractivity contribution < 1.29 is 19.0 Å². The second-order valence-corrected chi connectivity index (χ2v) is 5.21. The largest absolute Gasteiger partial charge is 0.373 e. The molecule has 4 heteroatoms. The predicted octanol–water partition coefficient (Wildman–Crippen LogP) is 1.98.